The number of hydrogen-bond acceptors (Lipinski definition) is 5. The van der Waals surface area contributed by atoms with Gasteiger partial charge in [0.1, 0.15) is 9.90 Å². The Morgan fingerprint density at radius 3 is 2.70 bits per heavy atom. The predicted molar refractivity (Wildman–Crippen MR) is 87.7 cm³/mol. The van der Waals surface area contributed by atoms with E-state index in [9.17, 15) is 13.2 Å². The van der Waals surface area contributed by atoms with Crippen molar-refractivity contribution in [1.29, 1.82) is 0 Å². The lowest BCUT2D eigenvalue weighted by Crippen LogP contribution is -2.27. The third-order valence-electron chi connectivity index (χ3n) is 3.62. The Hall–Kier alpha value is -1.77. The Morgan fingerprint density at radius 2 is 2.00 bits per heavy atom. The van der Waals surface area contributed by atoms with Gasteiger partial charge in [-0.05, 0) is 37.1 Å². The molecule has 122 valence electrons. The summed E-state index contributed by atoms with van der Waals surface area (Å²) in [5.41, 5.74) is 0.342. The number of rotatable bonds is 5. The lowest BCUT2D eigenvalue weighted by molar-refractivity contribution is 0.0946. The number of carbonyl (C=O) groups excluding carboxylic acids is 1. The molecule has 0 unspecified atom stereocenters. The van der Waals surface area contributed by atoms with Crippen molar-refractivity contribution in [1.82, 2.24) is 14.6 Å². The second-order valence-corrected chi connectivity index (χ2v) is 8.56. The first-order valence-electron chi connectivity index (χ1n) is 7.35. The van der Waals surface area contributed by atoms with E-state index < -0.39 is 10.0 Å². The van der Waals surface area contributed by atoms with E-state index in [4.69, 9.17) is 0 Å². The topological polar surface area (TPSA) is 79.4 Å². The van der Waals surface area contributed by atoms with Gasteiger partial charge >= 0.3 is 0 Å². The summed E-state index contributed by atoms with van der Waals surface area (Å²) in [5, 5.41) is 2.75. The molecular formula is C15H17N3O3S2. The van der Waals surface area contributed by atoms with Crippen molar-refractivity contribution >= 4 is 27.3 Å². The number of aromatic nitrogens is 1. The Bertz CT molecular complexity index is 781. The molecule has 3 rings (SSSR count). The lowest BCUT2D eigenvalue weighted by atomic mass is 10.3. The molecule has 2 aromatic heterocycles. The predicted octanol–water partition coefficient (Wildman–Crippen LogP) is 1.86. The van der Waals surface area contributed by atoms with Crippen LogP contribution in [-0.4, -0.2) is 36.7 Å². The number of amides is 1. The molecule has 0 spiro atoms. The quantitative estimate of drug-likeness (QED) is 0.892. The zero-order valence-electron chi connectivity index (χ0n) is 12.4. The minimum Gasteiger partial charge on any atom is -0.346 e. The van der Waals surface area contributed by atoms with E-state index in [2.05, 4.69) is 10.3 Å². The van der Waals surface area contributed by atoms with E-state index in [-0.39, 0.29) is 12.5 Å². The van der Waals surface area contributed by atoms with Crippen molar-refractivity contribution in [2.24, 2.45) is 0 Å². The van der Waals surface area contributed by atoms with Gasteiger partial charge in [0.2, 0.25) is 0 Å². The van der Waals surface area contributed by atoms with E-state index in [0.29, 0.717) is 23.0 Å². The maximum absolute atomic E-state index is 12.4. The molecule has 0 bridgehead atoms. The van der Waals surface area contributed by atoms with E-state index in [0.717, 1.165) is 17.7 Å². The van der Waals surface area contributed by atoms with Crippen LogP contribution in [0.4, 0.5) is 0 Å². The van der Waals surface area contributed by atoms with Crippen LogP contribution in [0.5, 0.6) is 0 Å². The molecule has 6 nitrogen and oxygen atoms in total. The van der Waals surface area contributed by atoms with Gasteiger partial charge in [0, 0.05) is 24.2 Å². The molecule has 0 atom stereocenters. The molecule has 0 aliphatic carbocycles. The summed E-state index contributed by atoms with van der Waals surface area (Å²) in [4.78, 5) is 16.7. The maximum atomic E-state index is 12.4. The third-order valence-corrected chi connectivity index (χ3v) is 7.07. The molecular weight excluding hydrogens is 334 g/mol. The van der Waals surface area contributed by atoms with Crippen LogP contribution in [0.15, 0.2) is 40.7 Å². The number of pyridine rings is 1. The molecule has 1 fully saturated rings. The fourth-order valence-electron chi connectivity index (χ4n) is 2.40. The Balaban J connectivity index is 1.65. The minimum absolute atomic E-state index is 0.275. The van der Waals surface area contributed by atoms with Gasteiger partial charge in [-0.15, -0.1) is 11.3 Å². The van der Waals surface area contributed by atoms with Crippen molar-refractivity contribution in [2.75, 3.05) is 13.1 Å². The third kappa shape index (κ3) is 3.60. The fraction of sp³-hybridized carbons (Fsp3) is 0.333. The number of carbonyl (C=O) groups is 1. The molecule has 0 radical (unpaired) electrons. The molecule has 2 aromatic rings. The monoisotopic (exact) mass is 351 g/mol. The van der Waals surface area contributed by atoms with Gasteiger partial charge in [-0.25, -0.2) is 8.42 Å². The van der Waals surface area contributed by atoms with Crippen LogP contribution in [-0.2, 0) is 16.6 Å². The van der Waals surface area contributed by atoms with Crippen molar-refractivity contribution in [2.45, 2.75) is 23.6 Å². The van der Waals surface area contributed by atoms with Crippen LogP contribution >= 0.6 is 11.3 Å². The maximum Gasteiger partial charge on any atom is 0.270 e. The Kier molecular flexibility index (Phi) is 4.74. The van der Waals surface area contributed by atoms with Gasteiger partial charge < -0.3 is 5.32 Å². The van der Waals surface area contributed by atoms with Crippen LogP contribution in [0, 0.1) is 0 Å². The SMILES string of the molecule is O=C(NCc1ccc(S(=O)(=O)N2CCCC2)s1)c1ccccn1. The number of nitrogens with zero attached hydrogens (tertiary/aromatic N) is 2. The number of hydrogen-bond donors (Lipinski definition) is 1. The van der Waals surface area contributed by atoms with Crippen LogP contribution in [0.3, 0.4) is 0 Å². The molecule has 1 saturated heterocycles. The summed E-state index contributed by atoms with van der Waals surface area (Å²) in [6.07, 6.45) is 3.38. The van der Waals surface area contributed by atoms with E-state index in [1.165, 1.54) is 15.6 Å². The van der Waals surface area contributed by atoms with Crippen molar-refractivity contribution in [3.8, 4) is 0 Å². The molecule has 1 amide bonds. The molecule has 8 heteroatoms. The van der Waals surface area contributed by atoms with Crippen LogP contribution < -0.4 is 5.32 Å². The van der Waals surface area contributed by atoms with Crippen LogP contribution in [0.25, 0.3) is 0 Å². The van der Waals surface area contributed by atoms with E-state index in [1.54, 1.807) is 36.5 Å². The first-order valence-corrected chi connectivity index (χ1v) is 9.61. The highest BCUT2D eigenvalue weighted by atomic mass is 32.2. The molecule has 0 saturated carbocycles. The average molecular weight is 351 g/mol. The first-order chi connectivity index (χ1) is 11.1. The first kappa shape index (κ1) is 16.1. The largest absolute Gasteiger partial charge is 0.346 e. The number of sulfonamides is 1. The highest BCUT2D eigenvalue weighted by Crippen LogP contribution is 2.27. The standard InChI is InChI=1S/C15H17N3O3S2/c19-15(13-5-1-2-8-16-13)17-11-12-6-7-14(22-12)23(20,21)18-9-3-4-10-18/h1-2,5-8H,3-4,9-11H2,(H,17,19). The molecule has 3 heterocycles. The fourth-order valence-corrected chi connectivity index (χ4v) is 5.37. The molecule has 23 heavy (non-hydrogen) atoms. The number of nitrogens with one attached hydrogen (secondary N) is 1. The summed E-state index contributed by atoms with van der Waals surface area (Å²) in [5.74, 6) is -0.275. The van der Waals surface area contributed by atoms with Gasteiger partial charge in [-0.1, -0.05) is 6.07 Å². The zero-order valence-corrected chi connectivity index (χ0v) is 14.1. The second kappa shape index (κ2) is 6.77. The highest BCUT2D eigenvalue weighted by Gasteiger charge is 2.28. The van der Waals surface area contributed by atoms with Crippen molar-refractivity contribution in [3.63, 3.8) is 0 Å². The molecule has 1 N–H and O–H groups in total. The molecule has 1 aliphatic rings. The normalized spacial score (nSPS) is 15.7. The summed E-state index contributed by atoms with van der Waals surface area (Å²) in [7, 11) is -3.38. The second-order valence-electron chi connectivity index (χ2n) is 5.23. The van der Waals surface area contributed by atoms with Crippen molar-refractivity contribution in [3.05, 3.63) is 47.1 Å². The molecule has 1 aliphatic heterocycles. The minimum atomic E-state index is -3.38. The van der Waals surface area contributed by atoms with Crippen LogP contribution in [0.1, 0.15) is 28.2 Å². The van der Waals surface area contributed by atoms with Gasteiger partial charge in [0.15, 0.2) is 0 Å². The van der Waals surface area contributed by atoms with Gasteiger partial charge in [0.05, 0.1) is 6.54 Å². The van der Waals surface area contributed by atoms with Gasteiger partial charge in [-0.3, -0.25) is 9.78 Å². The molecule has 0 aromatic carbocycles. The summed E-state index contributed by atoms with van der Waals surface area (Å²) >= 11 is 1.20. The van der Waals surface area contributed by atoms with E-state index in [1.807, 2.05) is 0 Å². The Labute approximate surface area is 139 Å². The smallest absolute Gasteiger partial charge is 0.270 e. The Morgan fingerprint density at radius 1 is 1.22 bits per heavy atom. The highest BCUT2D eigenvalue weighted by molar-refractivity contribution is 7.91. The van der Waals surface area contributed by atoms with Gasteiger partial charge in [0.25, 0.3) is 15.9 Å². The van der Waals surface area contributed by atoms with Crippen molar-refractivity contribution < 1.29 is 13.2 Å². The van der Waals surface area contributed by atoms with E-state index >= 15 is 0 Å². The summed E-state index contributed by atoms with van der Waals surface area (Å²) in [6, 6.07) is 8.47. The average Bonchev–Trinajstić information content (AvgIpc) is 3.25. The number of thiophene rings is 1. The zero-order chi connectivity index (χ0) is 16.3. The summed E-state index contributed by atoms with van der Waals surface area (Å²) < 4.78 is 26.8. The van der Waals surface area contributed by atoms with Gasteiger partial charge in [-0.2, -0.15) is 4.31 Å². The summed E-state index contributed by atoms with van der Waals surface area (Å²) in [6.45, 7) is 1.47. The van der Waals surface area contributed by atoms with Crippen LogP contribution in [0.2, 0.25) is 0 Å². The lowest BCUT2D eigenvalue weighted by Gasteiger charge is -2.13.